The molecule has 146 valence electrons. The van der Waals surface area contributed by atoms with Crippen molar-refractivity contribution in [3.05, 3.63) is 24.4 Å². The molecular weight excluding hydrogens is 370 g/mol. The highest BCUT2D eigenvalue weighted by atomic mass is 32.2. The summed E-state index contributed by atoms with van der Waals surface area (Å²) in [5.74, 6) is 0.654. The number of sulfonamides is 1. The molecule has 0 spiro atoms. The Balaban J connectivity index is 1.49. The van der Waals surface area contributed by atoms with Gasteiger partial charge in [-0.2, -0.15) is 9.40 Å². The highest BCUT2D eigenvalue weighted by Gasteiger charge is 2.36. The van der Waals surface area contributed by atoms with Crippen molar-refractivity contribution < 1.29 is 13.2 Å². The van der Waals surface area contributed by atoms with E-state index in [9.17, 15) is 13.2 Å². The van der Waals surface area contributed by atoms with Gasteiger partial charge in [-0.1, -0.05) is 0 Å². The number of rotatable bonds is 4. The number of likely N-dealkylation sites (N-methyl/N-ethyl adjacent to an activating group) is 1. The van der Waals surface area contributed by atoms with Crippen molar-refractivity contribution in [1.29, 1.82) is 0 Å². The first kappa shape index (κ1) is 18.0. The van der Waals surface area contributed by atoms with Gasteiger partial charge in [0, 0.05) is 52.7 Å². The Kier molecular flexibility index (Phi) is 4.22. The number of nitrogens with zero attached hydrogens (tertiary/aromatic N) is 7. The molecule has 2 aromatic heterocycles. The molecule has 0 saturated carbocycles. The van der Waals surface area contributed by atoms with Crippen LogP contribution in [-0.2, 0) is 17.1 Å². The number of anilines is 1. The van der Waals surface area contributed by atoms with Crippen molar-refractivity contribution >= 4 is 21.7 Å². The summed E-state index contributed by atoms with van der Waals surface area (Å²) >= 11 is 0. The van der Waals surface area contributed by atoms with Gasteiger partial charge in [0.25, 0.3) is 10.0 Å². The van der Waals surface area contributed by atoms with Crippen LogP contribution in [0.1, 0.15) is 18.3 Å². The topological polar surface area (TPSA) is 96.6 Å². The first-order chi connectivity index (χ1) is 12.8. The van der Waals surface area contributed by atoms with Crippen LogP contribution in [0.2, 0.25) is 0 Å². The quantitative estimate of drug-likeness (QED) is 0.751. The molecular formula is C16H23N7O3S. The van der Waals surface area contributed by atoms with Crippen LogP contribution in [0.4, 0.5) is 10.5 Å². The van der Waals surface area contributed by atoms with E-state index >= 15 is 0 Å². The second-order valence-electron chi connectivity index (χ2n) is 7.08. The summed E-state index contributed by atoms with van der Waals surface area (Å²) in [5.41, 5.74) is 0.742. The molecule has 11 heteroatoms. The summed E-state index contributed by atoms with van der Waals surface area (Å²) in [6, 6.07) is -0.107. The van der Waals surface area contributed by atoms with Gasteiger partial charge in [0.2, 0.25) is 0 Å². The minimum absolute atomic E-state index is 0.0456. The number of amides is 2. The Labute approximate surface area is 158 Å². The monoisotopic (exact) mass is 393 g/mol. The fourth-order valence-corrected chi connectivity index (χ4v) is 5.00. The molecule has 27 heavy (non-hydrogen) atoms. The molecule has 1 atom stereocenters. The van der Waals surface area contributed by atoms with Gasteiger partial charge in [0.15, 0.2) is 5.03 Å². The van der Waals surface area contributed by atoms with Gasteiger partial charge in [0.1, 0.15) is 5.82 Å². The van der Waals surface area contributed by atoms with Crippen molar-refractivity contribution in [2.24, 2.45) is 7.05 Å². The molecule has 0 N–H and O–H groups in total. The lowest BCUT2D eigenvalue weighted by molar-refractivity contribution is 0.229. The average molecular weight is 393 g/mol. The molecule has 2 fully saturated rings. The number of hydrogen-bond donors (Lipinski definition) is 0. The maximum atomic E-state index is 12.8. The van der Waals surface area contributed by atoms with Crippen LogP contribution in [0.15, 0.2) is 23.6 Å². The predicted molar refractivity (Wildman–Crippen MR) is 98.0 cm³/mol. The SMILES string of the molecule is Cc1nc(S(=O)(=O)N2CCC(n3cc(N4CCN(C)C4=O)cn3)C2)cn1C. The normalized spacial score (nSPS) is 21.6. The lowest BCUT2D eigenvalue weighted by Crippen LogP contribution is -2.30. The van der Waals surface area contributed by atoms with Gasteiger partial charge in [-0.05, 0) is 13.3 Å². The van der Waals surface area contributed by atoms with Crippen LogP contribution in [0.3, 0.4) is 0 Å². The van der Waals surface area contributed by atoms with Crippen molar-refractivity contribution in [2.75, 3.05) is 38.1 Å². The van der Waals surface area contributed by atoms with E-state index in [2.05, 4.69) is 10.1 Å². The molecule has 4 rings (SSSR count). The summed E-state index contributed by atoms with van der Waals surface area (Å²) in [7, 11) is -0.0732. The Morgan fingerprint density at radius 1 is 1.15 bits per heavy atom. The molecule has 2 saturated heterocycles. The van der Waals surface area contributed by atoms with Crippen LogP contribution >= 0.6 is 0 Å². The Bertz CT molecular complexity index is 961. The average Bonchev–Trinajstić information content (AvgIpc) is 3.38. The predicted octanol–water partition coefficient (Wildman–Crippen LogP) is 0.433. The number of aryl methyl sites for hydroxylation is 2. The van der Waals surface area contributed by atoms with E-state index in [1.54, 1.807) is 52.5 Å². The van der Waals surface area contributed by atoms with Crippen LogP contribution in [0.5, 0.6) is 0 Å². The van der Waals surface area contributed by atoms with Crippen molar-refractivity contribution in [3.8, 4) is 0 Å². The Hall–Kier alpha value is -2.40. The van der Waals surface area contributed by atoms with Gasteiger partial charge in [-0.3, -0.25) is 9.58 Å². The lowest BCUT2D eigenvalue weighted by atomic mass is 10.3. The zero-order chi connectivity index (χ0) is 19.3. The third-order valence-corrected chi connectivity index (χ3v) is 7.04. The van der Waals surface area contributed by atoms with Crippen LogP contribution in [0.25, 0.3) is 0 Å². The van der Waals surface area contributed by atoms with Gasteiger partial charge in [-0.15, -0.1) is 0 Å². The Morgan fingerprint density at radius 3 is 2.56 bits per heavy atom. The van der Waals surface area contributed by atoms with Gasteiger partial charge < -0.3 is 9.47 Å². The zero-order valence-corrected chi connectivity index (χ0v) is 16.4. The number of imidazole rings is 1. The first-order valence-corrected chi connectivity index (χ1v) is 10.3. The van der Waals surface area contributed by atoms with E-state index in [4.69, 9.17) is 0 Å². The highest BCUT2D eigenvalue weighted by molar-refractivity contribution is 7.89. The molecule has 2 aliphatic heterocycles. The number of aromatic nitrogens is 4. The first-order valence-electron chi connectivity index (χ1n) is 8.84. The van der Waals surface area contributed by atoms with E-state index in [0.717, 1.165) is 5.69 Å². The van der Waals surface area contributed by atoms with Crippen molar-refractivity contribution in [2.45, 2.75) is 24.4 Å². The largest absolute Gasteiger partial charge is 0.337 e. The van der Waals surface area contributed by atoms with Crippen LogP contribution < -0.4 is 4.90 Å². The minimum Gasteiger partial charge on any atom is -0.337 e. The van der Waals surface area contributed by atoms with Crippen LogP contribution in [-0.4, -0.2) is 76.2 Å². The van der Waals surface area contributed by atoms with E-state index in [0.29, 0.717) is 38.4 Å². The van der Waals surface area contributed by atoms with E-state index in [1.807, 2.05) is 6.20 Å². The van der Waals surface area contributed by atoms with Gasteiger partial charge >= 0.3 is 6.03 Å². The Morgan fingerprint density at radius 2 is 1.93 bits per heavy atom. The van der Waals surface area contributed by atoms with E-state index < -0.39 is 10.0 Å². The molecule has 0 radical (unpaired) electrons. The maximum Gasteiger partial charge on any atom is 0.324 e. The summed E-state index contributed by atoms with van der Waals surface area (Å²) in [6.07, 6.45) is 5.69. The fourth-order valence-electron chi connectivity index (χ4n) is 3.48. The smallest absolute Gasteiger partial charge is 0.324 e. The standard InChI is InChI=1S/C16H23N7O3S/c1-12-18-15(11-20(12)3)27(25,26)21-5-4-13(9-21)23-10-14(8-17-23)22-7-6-19(2)16(22)24/h8,10-11,13H,4-7,9H2,1-3H3. The maximum absolute atomic E-state index is 12.8. The second kappa shape index (κ2) is 6.34. The zero-order valence-electron chi connectivity index (χ0n) is 15.6. The number of carbonyl (C=O) groups is 1. The second-order valence-corrected chi connectivity index (χ2v) is 8.96. The molecule has 10 nitrogen and oxygen atoms in total. The number of carbonyl (C=O) groups excluding carboxylic acids is 1. The summed E-state index contributed by atoms with van der Waals surface area (Å²) < 4.78 is 30.6. The lowest BCUT2D eigenvalue weighted by Gasteiger charge is -2.15. The van der Waals surface area contributed by atoms with Gasteiger partial charge in [0.05, 0.1) is 17.9 Å². The fraction of sp³-hybridized carbons (Fsp3) is 0.562. The summed E-state index contributed by atoms with van der Waals surface area (Å²) in [4.78, 5) is 19.6. The van der Waals surface area contributed by atoms with Crippen molar-refractivity contribution in [1.82, 2.24) is 28.5 Å². The third kappa shape index (κ3) is 3.00. The van der Waals surface area contributed by atoms with E-state index in [1.165, 1.54) is 4.31 Å². The minimum atomic E-state index is -3.62. The molecule has 1 unspecified atom stereocenters. The third-order valence-electron chi connectivity index (χ3n) is 5.31. The molecule has 2 aromatic rings. The van der Waals surface area contributed by atoms with Crippen molar-refractivity contribution in [3.63, 3.8) is 0 Å². The summed E-state index contributed by atoms with van der Waals surface area (Å²) in [6.45, 7) is 3.85. The highest BCUT2D eigenvalue weighted by Crippen LogP contribution is 2.28. The molecule has 0 bridgehead atoms. The molecule has 2 amide bonds. The summed E-state index contributed by atoms with van der Waals surface area (Å²) in [5, 5.41) is 4.45. The number of hydrogen-bond acceptors (Lipinski definition) is 5. The molecule has 0 aliphatic carbocycles. The van der Waals surface area contributed by atoms with Gasteiger partial charge in [-0.25, -0.2) is 18.2 Å². The number of urea groups is 1. The molecule has 0 aromatic carbocycles. The molecule has 2 aliphatic rings. The van der Waals surface area contributed by atoms with Crippen LogP contribution in [0, 0.1) is 6.92 Å². The van der Waals surface area contributed by atoms with E-state index in [-0.39, 0.29) is 17.1 Å². The molecule has 4 heterocycles.